The Labute approximate surface area is 84.7 Å². The van der Waals surface area contributed by atoms with Crippen molar-refractivity contribution >= 4 is 5.97 Å². The van der Waals surface area contributed by atoms with Gasteiger partial charge in [-0.05, 0) is 17.0 Å². The number of carbonyl (C=O) groups excluding carboxylic acids is 1. The molecule has 0 amide bonds. The third-order valence-electron chi connectivity index (χ3n) is 2.27. The highest BCUT2D eigenvalue weighted by molar-refractivity contribution is 5.88. The average Bonchev–Trinajstić information content (AvgIpc) is 2.45. The molecule has 14 heavy (non-hydrogen) atoms. The molecule has 1 rings (SSSR count). The molecule has 1 aromatic rings. The van der Waals surface area contributed by atoms with Gasteiger partial charge in [-0.1, -0.05) is 20.8 Å². The van der Waals surface area contributed by atoms with Gasteiger partial charge in [0.1, 0.15) is 5.69 Å². The summed E-state index contributed by atoms with van der Waals surface area (Å²) in [5.41, 5.74) is 1.79. The number of ether oxygens (including phenoxy) is 1. The van der Waals surface area contributed by atoms with Crippen LogP contribution in [-0.2, 0) is 17.2 Å². The zero-order valence-corrected chi connectivity index (χ0v) is 9.42. The van der Waals surface area contributed by atoms with Crippen molar-refractivity contribution in [2.75, 3.05) is 7.11 Å². The summed E-state index contributed by atoms with van der Waals surface area (Å²) in [5.74, 6) is -0.289. The Bertz CT molecular complexity index is 345. The maximum atomic E-state index is 11.3. The Hall–Kier alpha value is -1.25. The number of methoxy groups -OCH3 is 1. The lowest BCUT2D eigenvalue weighted by Crippen LogP contribution is -2.09. The van der Waals surface area contributed by atoms with E-state index in [0.29, 0.717) is 5.69 Å². The average molecular weight is 195 g/mol. The number of hydrogen-bond donors (Lipinski definition) is 0. The molecule has 0 spiro atoms. The fraction of sp³-hybridized carbons (Fsp3) is 0.545. The third kappa shape index (κ3) is 1.97. The lowest BCUT2D eigenvalue weighted by atomic mass is 9.89. The number of aromatic nitrogens is 1. The predicted molar refractivity (Wildman–Crippen MR) is 55.5 cm³/mol. The van der Waals surface area contributed by atoms with Crippen LogP contribution in [0.15, 0.2) is 12.3 Å². The summed E-state index contributed by atoms with van der Waals surface area (Å²) in [6.07, 6.45) is 1.96. The Kier molecular flexibility index (Phi) is 2.69. The second kappa shape index (κ2) is 3.48. The first-order chi connectivity index (χ1) is 6.36. The Morgan fingerprint density at radius 2 is 2.00 bits per heavy atom. The van der Waals surface area contributed by atoms with E-state index in [4.69, 9.17) is 0 Å². The van der Waals surface area contributed by atoms with Crippen molar-refractivity contribution in [2.45, 2.75) is 26.2 Å². The van der Waals surface area contributed by atoms with Crippen LogP contribution in [0.1, 0.15) is 36.8 Å². The minimum Gasteiger partial charge on any atom is -0.464 e. The number of esters is 1. The van der Waals surface area contributed by atoms with Crippen molar-refractivity contribution in [1.82, 2.24) is 4.57 Å². The van der Waals surface area contributed by atoms with E-state index < -0.39 is 0 Å². The van der Waals surface area contributed by atoms with Crippen molar-refractivity contribution < 1.29 is 9.53 Å². The van der Waals surface area contributed by atoms with Crippen molar-refractivity contribution in [2.24, 2.45) is 7.05 Å². The smallest absolute Gasteiger partial charge is 0.354 e. The highest BCUT2D eigenvalue weighted by Gasteiger charge is 2.19. The van der Waals surface area contributed by atoms with E-state index in [0.717, 1.165) is 5.56 Å². The van der Waals surface area contributed by atoms with Crippen LogP contribution >= 0.6 is 0 Å². The quantitative estimate of drug-likeness (QED) is 0.643. The number of rotatable bonds is 1. The molecule has 1 aromatic heterocycles. The maximum Gasteiger partial charge on any atom is 0.354 e. The van der Waals surface area contributed by atoms with Crippen molar-refractivity contribution in [1.29, 1.82) is 0 Å². The fourth-order valence-corrected chi connectivity index (χ4v) is 1.28. The third-order valence-corrected chi connectivity index (χ3v) is 2.27. The van der Waals surface area contributed by atoms with E-state index in [1.165, 1.54) is 7.11 Å². The molecule has 0 atom stereocenters. The molecule has 78 valence electrons. The molecule has 0 aliphatic heterocycles. The number of nitrogens with zero attached hydrogens (tertiary/aromatic N) is 1. The van der Waals surface area contributed by atoms with Gasteiger partial charge in [0.2, 0.25) is 0 Å². The number of aryl methyl sites for hydroxylation is 1. The molecular weight excluding hydrogens is 178 g/mol. The van der Waals surface area contributed by atoms with Gasteiger partial charge in [-0.2, -0.15) is 0 Å². The van der Waals surface area contributed by atoms with Gasteiger partial charge >= 0.3 is 5.97 Å². The van der Waals surface area contributed by atoms with E-state index in [1.54, 1.807) is 4.57 Å². The normalized spacial score (nSPS) is 11.5. The molecule has 0 aromatic carbocycles. The summed E-state index contributed by atoms with van der Waals surface area (Å²) in [6.45, 7) is 6.34. The van der Waals surface area contributed by atoms with Gasteiger partial charge in [-0.3, -0.25) is 0 Å². The zero-order valence-electron chi connectivity index (χ0n) is 9.42. The molecular formula is C11H17NO2. The second-order valence-corrected chi connectivity index (χ2v) is 4.47. The Morgan fingerprint density at radius 1 is 1.43 bits per heavy atom. The van der Waals surface area contributed by atoms with Crippen LogP contribution in [0.5, 0.6) is 0 Å². The molecule has 3 heteroatoms. The van der Waals surface area contributed by atoms with Crippen LogP contribution in [0.3, 0.4) is 0 Å². The molecule has 0 N–H and O–H groups in total. The molecule has 0 aliphatic carbocycles. The SMILES string of the molecule is COC(=O)c1cc(C(C)(C)C)cn1C. The zero-order chi connectivity index (χ0) is 10.9. The Morgan fingerprint density at radius 3 is 2.36 bits per heavy atom. The first-order valence-electron chi connectivity index (χ1n) is 4.61. The van der Waals surface area contributed by atoms with E-state index >= 15 is 0 Å². The first-order valence-corrected chi connectivity index (χ1v) is 4.61. The van der Waals surface area contributed by atoms with Gasteiger partial charge in [0, 0.05) is 13.2 Å². The number of carbonyl (C=O) groups is 1. The largest absolute Gasteiger partial charge is 0.464 e. The summed E-state index contributed by atoms with van der Waals surface area (Å²) in [4.78, 5) is 11.3. The summed E-state index contributed by atoms with van der Waals surface area (Å²) in [7, 11) is 3.24. The molecule has 0 saturated heterocycles. The van der Waals surface area contributed by atoms with Gasteiger partial charge in [0.25, 0.3) is 0 Å². The highest BCUT2D eigenvalue weighted by atomic mass is 16.5. The Balaban J connectivity index is 3.12. The first kappa shape index (κ1) is 10.8. The monoisotopic (exact) mass is 195 g/mol. The number of hydrogen-bond acceptors (Lipinski definition) is 2. The van der Waals surface area contributed by atoms with Crippen LogP contribution in [0.25, 0.3) is 0 Å². The van der Waals surface area contributed by atoms with Gasteiger partial charge in [-0.25, -0.2) is 4.79 Å². The lowest BCUT2D eigenvalue weighted by Gasteiger charge is -2.15. The van der Waals surface area contributed by atoms with Crippen LogP contribution < -0.4 is 0 Å². The van der Waals surface area contributed by atoms with Gasteiger partial charge in [0.05, 0.1) is 7.11 Å². The van der Waals surface area contributed by atoms with Gasteiger partial charge in [-0.15, -0.1) is 0 Å². The van der Waals surface area contributed by atoms with Crippen molar-refractivity contribution in [3.8, 4) is 0 Å². The maximum absolute atomic E-state index is 11.3. The van der Waals surface area contributed by atoms with Crippen molar-refractivity contribution in [3.63, 3.8) is 0 Å². The molecule has 3 nitrogen and oxygen atoms in total. The fourth-order valence-electron chi connectivity index (χ4n) is 1.28. The topological polar surface area (TPSA) is 31.2 Å². The molecule has 0 unspecified atom stereocenters. The van der Waals surface area contributed by atoms with Gasteiger partial charge < -0.3 is 9.30 Å². The molecule has 0 bridgehead atoms. The summed E-state index contributed by atoms with van der Waals surface area (Å²) in [5, 5.41) is 0. The van der Waals surface area contributed by atoms with E-state index in [1.807, 2.05) is 19.3 Å². The summed E-state index contributed by atoms with van der Waals surface area (Å²) >= 11 is 0. The molecule has 0 saturated carbocycles. The lowest BCUT2D eigenvalue weighted by molar-refractivity contribution is 0.0590. The van der Waals surface area contributed by atoms with E-state index in [9.17, 15) is 4.79 Å². The minimum atomic E-state index is -0.289. The van der Waals surface area contributed by atoms with Crippen LogP contribution in [0.4, 0.5) is 0 Å². The predicted octanol–water partition coefficient (Wildman–Crippen LogP) is 2.11. The highest BCUT2D eigenvalue weighted by Crippen LogP contribution is 2.24. The summed E-state index contributed by atoms with van der Waals surface area (Å²) < 4.78 is 6.48. The molecule has 0 aliphatic rings. The summed E-state index contributed by atoms with van der Waals surface area (Å²) in [6, 6.07) is 1.88. The van der Waals surface area contributed by atoms with Crippen LogP contribution in [0, 0.1) is 0 Å². The minimum absolute atomic E-state index is 0.0596. The van der Waals surface area contributed by atoms with E-state index in [-0.39, 0.29) is 11.4 Å². The van der Waals surface area contributed by atoms with Crippen LogP contribution in [-0.4, -0.2) is 17.6 Å². The molecule has 0 radical (unpaired) electrons. The van der Waals surface area contributed by atoms with E-state index in [2.05, 4.69) is 25.5 Å². The molecule has 0 fully saturated rings. The van der Waals surface area contributed by atoms with Crippen LogP contribution in [0.2, 0.25) is 0 Å². The van der Waals surface area contributed by atoms with Gasteiger partial charge in [0.15, 0.2) is 0 Å². The second-order valence-electron chi connectivity index (χ2n) is 4.47. The van der Waals surface area contributed by atoms with Crippen molar-refractivity contribution in [3.05, 3.63) is 23.5 Å². The molecule has 1 heterocycles. The standard InChI is InChI=1S/C11H17NO2/c1-11(2,3)8-6-9(10(13)14-5)12(4)7-8/h6-7H,1-5H3.